The van der Waals surface area contributed by atoms with Crippen LogP contribution in [0.3, 0.4) is 0 Å². The minimum Gasteiger partial charge on any atom is -0.497 e. The molecule has 166 valence electrons. The summed E-state index contributed by atoms with van der Waals surface area (Å²) < 4.78 is 11.1. The van der Waals surface area contributed by atoms with Gasteiger partial charge in [0.25, 0.3) is 5.91 Å². The first kappa shape index (κ1) is 22.6. The molecule has 0 aliphatic carbocycles. The van der Waals surface area contributed by atoms with Crippen molar-refractivity contribution in [1.29, 1.82) is 0 Å². The largest absolute Gasteiger partial charge is 0.497 e. The maximum absolute atomic E-state index is 13.1. The second-order valence-corrected chi connectivity index (χ2v) is 8.07. The number of hydrogen-bond donors (Lipinski definition) is 1. The van der Waals surface area contributed by atoms with Crippen molar-refractivity contribution in [3.63, 3.8) is 0 Å². The molecule has 1 unspecified atom stereocenters. The second-order valence-electron chi connectivity index (χ2n) is 8.07. The van der Waals surface area contributed by atoms with E-state index in [-0.39, 0.29) is 18.0 Å². The molecule has 0 radical (unpaired) electrons. The van der Waals surface area contributed by atoms with E-state index in [0.29, 0.717) is 50.0 Å². The molecule has 2 aromatic rings. The standard InChI is InChI=1S/C24H31N3O4/c1-18(2)15-27(23(28)19-9-11-21(30-3)12-10-19)17-22-16-26(13-14-31-22)24(29)25-20-7-5-4-6-8-20/h4-12,18,22H,13-17H2,1-3H3,(H,25,29). The molecule has 0 saturated carbocycles. The average Bonchev–Trinajstić information content (AvgIpc) is 2.79. The van der Waals surface area contributed by atoms with Crippen molar-refractivity contribution in [3.05, 3.63) is 60.2 Å². The number of carbonyl (C=O) groups excluding carboxylic acids is 2. The Balaban J connectivity index is 1.64. The van der Waals surface area contributed by atoms with Crippen molar-refractivity contribution in [3.8, 4) is 5.75 Å². The zero-order valence-electron chi connectivity index (χ0n) is 18.4. The quantitative estimate of drug-likeness (QED) is 0.734. The maximum Gasteiger partial charge on any atom is 0.322 e. The summed E-state index contributed by atoms with van der Waals surface area (Å²) >= 11 is 0. The number of amides is 3. The van der Waals surface area contributed by atoms with E-state index in [9.17, 15) is 9.59 Å². The number of morpholine rings is 1. The van der Waals surface area contributed by atoms with Crippen molar-refractivity contribution in [2.75, 3.05) is 45.2 Å². The molecule has 0 aromatic heterocycles. The fourth-order valence-electron chi connectivity index (χ4n) is 3.58. The van der Waals surface area contributed by atoms with Crippen LogP contribution in [0.1, 0.15) is 24.2 Å². The number of hydrogen-bond acceptors (Lipinski definition) is 4. The highest BCUT2D eigenvalue weighted by Crippen LogP contribution is 2.16. The van der Waals surface area contributed by atoms with Crippen molar-refractivity contribution in [2.45, 2.75) is 20.0 Å². The zero-order chi connectivity index (χ0) is 22.2. The molecule has 1 fully saturated rings. The smallest absolute Gasteiger partial charge is 0.322 e. The Bertz CT molecular complexity index is 855. The third-order valence-electron chi connectivity index (χ3n) is 5.08. The monoisotopic (exact) mass is 425 g/mol. The summed E-state index contributed by atoms with van der Waals surface area (Å²) in [7, 11) is 1.60. The molecule has 31 heavy (non-hydrogen) atoms. The first-order valence-corrected chi connectivity index (χ1v) is 10.6. The number of carbonyl (C=O) groups is 2. The number of para-hydroxylation sites is 1. The summed E-state index contributed by atoms with van der Waals surface area (Å²) in [4.78, 5) is 29.4. The normalized spacial score (nSPS) is 16.1. The highest BCUT2D eigenvalue weighted by atomic mass is 16.5. The molecule has 2 aromatic carbocycles. The molecule has 1 aliphatic heterocycles. The molecule has 3 rings (SSSR count). The summed E-state index contributed by atoms with van der Waals surface area (Å²) in [5.74, 6) is 0.969. The number of nitrogens with zero attached hydrogens (tertiary/aromatic N) is 2. The molecule has 1 heterocycles. The SMILES string of the molecule is COc1ccc(C(=O)N(CC(C)C)CC2CN(C(=O)Nc3ccccc3)CCO2)cc1. The van der Waals surface area contributed by atoms with Crippen LogP contribution in [-0.2, 0) is 4.74 Å². The second kappa shape index (κ2) is 10.8. The number of urea groups is 1. The van der Waals surface area contributed by atoms with E-state index in [0.717, 1.165) is 5.69 Å². The van der Waals surface area contributed by atoms with E-state index in [1.165, 1.54) is 0 Å². The minimum atomic E-state index is -0.240. The molecule has 7 heteroatoms. The average molecular weight is 426 g/mol. The summed E-state index contributed by atoms with van der Waals surface area (Å²) in [5, 5.41) is 2.92. The van der Waals surface area contributed by atoms with Gasteiger partial charge in [0.15, 0.2) is 0 Å². The van der Waals surface area contributed by atoms with Gasteiger partial charge in [-0.2, -0.15) is 0 Å². The molecular formula is C24H31N3O4. The Hall–Kier alpha value is -3.06. The molecule has 1 N–H and O–H groups in total. The van der Waals surface area contributed by atoms with Crippen LogP contribution in [0.4, 0.5) is 10.5 Å². The van der Waals surface area contributed by atoms with Gasteiger partial charge in [-0.25, -0.2) is 4.79 Å². The van der Waals surface area contributed by atoms with Crippen LogP contribution < -0.4 is 10.1 Å². The maximum atomic E-state index is 13.1. The highest BCUT2D eigenvalue weighted by Gasteiger charge is 2.28. The number of benzene rings is 2. The lowest BCUT2D eigenvalue weighted by Gasteiger charge is -2.36. The van der Waals surface area contributed by atoms with Crippen LogP contribution in [0.5, 0.6) is 5.75 Å². The Kier molecular flexibility index (Phi) is 7.89. The molecule has 1 atom stereocenters. The van der Waals surface area contributed by atoms with Gasteiger partial charge in [-0.3, -0.25) is 4.79 Å². The predicted octanol–water partition coefficient (Wildman–Crippen LogP) is 3.73. The van der Waals surface area contributed by atoms with Gasteiger partial charge in [-0.15, -0.1) is 0 Å². The van der Waals surface area contributed by atoms with Gasteiger partial charge < -0.3 is 24.6 Å². The third kappa shape index (κ3) is 6.46. The number of ether oxygens (including phenoxy) is 2. The van der Waals surface area contributed by atoms with Crippen LogP contribution in [0.2, 0.25) is 0 Å². The van der Waals surface area contributed by atoms with Crippen LogP contribution >= 0.6 is 0 Å². The summed E-state index contributed by atoms with van der Waals surface area (Å²) in [6, 6.07) is 16.3. The van der Waals surface area contributed by atoms with Gasteiger partial charge in [0, 0.05) is 30.9 Å². The summed E-state index contributed by atoms with van der Waals surface area (Å²) in [6.45, 7) is 6.60. The van der Waals surface area contributed by atoms with E-state index < -0.39 is 0 Å². The van der Waals surface area contributed by atoms with Gasteiger partial charge >= 0.3 is 6.03 Å². The topological polar surface area (TPSA) is 71.1 Å². The van der Waals surface area contributed by atoms with E-state index in [1.54, 1.807) is 36.3 Å². The molecular weight excluding hydrogens is 394 g/mol. The number of methoxy groups -OCH3 is 1. The minimum absolute atomic E-state index is 0.0502. The number of anilines is 1. The highest BCUT2D eigenvalue weighted by molar-refractivity contribution is 5.94. The summed E-state index contributed by atoms with van der Waals surface area (Å²) in [6.07, 6.45) is -0.240. The van der Waals surface area contributed by atoms with Crippen molar-refractivity contribution < 1.29 is 19.1 Å². The zero-order valence-corrected chi connectivity index (χ0v) is 18.4. The molecule has 0 bridgehead atoms. The Morgan fingerprint density at radius 2 is 1.87 bits per heavy atom. The van der Waals surface area contributed by atoms with Gasteiger partial charge in [-0.1, -0.05) is 32.0 Å². The summed E-state index contributed by atoms with van der Waals surface area (Å²) in [5.41, 5.74) is 1.36. The van der Waals surface area contributed by atoms with Gasteiger partial charge in [0.05, 0.1) is 26.4 Å². The predicted molar refractivity (Wildman–Crippen MR) is 121 cm³/mol. The first-order valence-electron chi connectivity index (χ1n) is 10.6. The van der Waals surface area contributed by atoms with E-state index >= 15 is 0 Å². The number of rotatable bonds is 7. The van der Waals surface area contributed by atoms with E-state index in [4.69, 9.17) is 9.47 Å². The van der Waals surface area contributed by atoms with Crippen molar-refractivity contribution in [1.82, 2.24) is 9.80 Å². The third-order valence-corrected chi connectivity index (χ3v) is 5.08. The van der Waals surface area contributed by atoms with E-state index in [1.807, 2.05) is 35.2 Å². The fourth-order valence-corrected chi connectivity index (χ4v) is 3.58. The Morgan fingerprint density at radius 1 is 1.16 bits per heavy atom. The van der Waals surface area contributed by atoms with Gasteiger partial charge in [0.2, 0.25) is 0 Å². The van der Waals surface area contributed by atoms with Gasteiger partial charge in [0.1, 0.15) is 5.75 Å². The van der Waals surface area contributed by atoms with Crippen LogP contribution in [0.25, 0.3) is 0 Å². The molecule has 1 aliphatic rings. The lowest BCUT2D eigenvalue weighted by atomic mass is 10.1. The molecule has 7 nitrogen and oxygen atoms in total. The van der Waals surface area contributed by atoms with Crippen LogP contribution in [0.15, 0.2) is 54.6 Å². The van der Waals surface area contributed by atoms with Crippen molar-refractivity contribution >= 4 is 17.6 Å². The van der Waals surface area contributed by atoms with E-state index in [2.05, 4.69) is 19.2 Å². The molecule has 3 amide bonds. The van der Waals surface area contributed by atoms with Crippen molar-refractivity contribution in [2.24, 2.45) is 5.92 Å². The fraction of sp³-hybridized carbons (Fsp3) is 0.417. The molecule has 1 saturated heterocycles. The lowest BCUT2D eigenvalue weighted by molar-refractivity contribution is -0.0272. The Labute approximate surface area is 183 Å². The van der Waals surface area contributed by atoms with Crippen LogP contribution in [-0.4, -0.2) is 67.7 Å². The first-order chi connectivity index (χ1) is 15.0. The lowest BCUT2D eigenvalue weighted by Crippen LogP contribution is -2.52. The molecule has 0 spiro atoms. The van der Waals surface area contributed by atoms with Gasteiger partial charge in [-0.05, 0) is 42.3 Å². The number of nitrogens with one attached hydrogen (secondary N) is 1. The van der Waals surface area contributed by atoms with Crippen LogP contribution in [0, 0.1) is 5.92 Å². The Morgan fingerprint density at radius 3 is 2.52 bits per heavy atom.